The summed E-state index contributed by atoms with van der Waals surface area (Å²) in [7, 11) is 0. The average molecular weight is 344 g/mol. The van der Waals surface area contributed by atoms with Gasteiger partial charge < -0.3 is 9.73 Å². The lowest BCUT2D eigenvalue weighted by atomic mass is 10.3. The summed E-state index contributed by atoms with van der Waals surface area (Å²) in [5, 5.41) is 12.0. The number of nitrogens with one attached hydrogen (secondary N) is 1. The van der Waals surface area contributed by atoms with E-state index in [4.69, 9.17) is 4.42 Å². The summed E-state index contributed by atoms with van der Waals surface area (Å²) in [4.78, 5) is 4.37. The van der Waals surface area contributed by atoms with Gasteiger partial charge >= 0.3 is 0 Å². The third kappa shape index (κ3) is 3.03. The van der Waals surface area contributed by atoms with E-state index in [1.165, 1.54) is 29.2 Å². The maximum atomic E-state index is 13.6. The third-order valence-corrected chi connectivity index (χ3v) is 4.71. The van der Waals surface area contributed by atoms with Crippen LogP contribution in [0.3, 0.4) is 0 Å². The van der Waals surface area contributed by atoms with Crippen LogP contribution in [0, 0.1) is 5.82 Å². The zero-order valence-electron chi connectivity index (χ0n) is 11.6. The molecule has 0 bridgehead atoms. The van der Waals surface area contributed by atoms with E-state index >= 15 is 0 Å². The number of para-hydroxylation sites is 3. The Kier molecular flexibility index (Phi) is 3.68. The highest BCUT2D eigenvalue weighted by Gasteiger charge is 2.12. The first-order valence-corrected chi connectivity index (χ1v) is 8.30. The fourth-order valence-corrected chi connectivity index (χ4v) is 3.56. The molecule has 23 heavy (non-hydrogen) atoms. The van der Waals surface area contributed by atoms with Gasteiger partial charge in [-0.05, 0) is 24.3 Å². The number of rotatable bonds is 4. The Morgan fingerprint density at radius 3 is 2.74 bits per heavy atom. The Labute approximate surface area is 138 Å². The number of aromatic nitrogens is 3. The highest BCUT2D eigenvalue weighted by Crippen LogP contribution is 2.34. The molecule has 2 aromatic carbocycles. The van der Waals surface area contributed by atoms with Crippen LogP contribution in [0.15, 0.2) is 62.5 Å². The minimum atomic E-state index is -0.337. The van der Waals surface area contributed by atoms with Crippen molar-refractivity contribution in [2.75, 3.05) is 5.32 Å². The predicted octanol–water partition coefficient (Wildman–Crippen LogP) is 4.71. The molecule has 1 N–H and O–H groups in total. The normalized spacial score (nSPS) is 11.0. The Bertz CT molecular complexity index is 936. The van der Waals surface area contributed by atoms with E-state index in [1.807, 2.05) is 24.3 Å². The molecule has 0 saturated heterocycles. The topological polar surface area (TPSA) is 63.8 Å². The lowest BCUT2D eigenvalue weighted by Crippen LogP contribution is -1.92. The molecule has 0 saturated carbocycles. The SMILES string of the molecule is Fc1ccccc1Nc1nnc(Sc2nc3ccccc3o2)s1. The second-order valence-corrected chi connectivity index (χ2v) is 6.70. The number of hydrogen-bond acceptors (Lipinski definition) is 7. The monoisotopic (exact) mass is 344 g/mol. The van der Waals surface area contributed by atoms with E-state index in [0.717, 1.165) is 11.1 Å². The summed E-state index contributed by atoms with van der Waals surface area (Å²) in [6.45, 7) is 0. The number of fused-ring (bicyclic) bond motifs is 1. The van der Waals surface area contributed by atoms with Crippen LogP contribution >= 0.6 is 23.1 Å². The quantitative estimate of drug-likeness (QED) is 0.578. The maximum Gasteiger partial charge on any atom is 0.264 e. The maximum absolute atomic E-state index is 13.6. The molecule has 5 nitrogen and oxygen atoms in total. The van der Waals surface area contributed by atoms with E-state index in [-0.39, 0.29) is 5.82 Å². The first-order chi connectivity index (χ1) is 11.3. The zero-order valence-corrected chi connectivity index (χ0v) is 13.2. The minimum Gasteiger partial charge on any atom is -0.431 e. The largest absolute Gasteiger partial charge is 0.431 e. The molecule has 0 aliphatic rings. The van der Waals surface area contributed by atoms with Crippen LogP contribution in [-0.4, -0.2) is 15.2 Å². The van der Waals surface area contributed by atoms with E-state index in [2.05, 4.69) is 20.5 Å². The molecule has 0 fully saturated rings. The number of halogens is 1. The number of oxazole rings is 1. The fraction of sp³-hybridized carbons (Fsp3) is 0. The van der Waals surface area contributed by atoms with E-state index in [0.29, 0.717) is 20.4 Å². The molecule has 2 aromatic heterocycles. The van der Waals surface area contributed by atoms with Gasteiger partial charge in [0.15, 0.2) is 9.92 Å². The number of benzene rings is 2. The Balaban J connectivity index is 1.52. The molecule has 0 aliphatic carbocycles. The summed E-state index contributed by atoms with van der Waals surface area (Å²) < 4.78 is 19.9. The molecule has 0 unspecified atom stereocenters. The van der Waals surface area contributed by atoms with Gasteiger partial charge in [-0.25, -0.2) is 9.37 Å². The van der Waals surface area contributed by atoms with Gasteiger partial charge in [-0.2, -0.15) is 0 Å². The third-order valence-electron chi connectivity index (χ3n) is 2.97. The number of anilines is 2. The summed E-state index contributed by atoms with van der Waals surface area (Å²) in [5.41, 5.74) is 1.88. The first-order valence-electron chi connectivity index (χ1n) is 6.66. The van der Waals surface area contributed by atoms with E-state index in [1.54, 1.807) is 18.2 Å². The first kappa shape index (κ1) is 14.2. The van der Waals surface area contributed by atoms with Crippen molar-refractivity contribution in [3.8, 4) is 0 Å². The van der Waals surface area contributed by atoms with Gasteiger partial charge in [0.25, 0.3) is 5.22 Å². The van der Waals surface area contributed by atoms with E-state index < -0.39 is 0 Å². The second-order valence-electron chi connectivity index (χ2n) is 4.53. The Hall–Kier alpha value is -2.45. The van der Waals surface area contributed by atoms with Crippen molar-refractivity contribution in [3.05, 3.63) is 54.3 Å². The Morgan fingerprint density at radius 2 is 1.87 bits per heavy atom. The van der Waals surface area contributed by atoms with Gasteiger partial charge in [0.05, 0.1) is 5.69 Å². The van der Waals surface area contributed by atoms with Crippen molar-refractivity contribution in [3.63, 3.8) is 0 Å². The van der Waals surface area contributed by atoms with Gasteiger partial charge in [-0.3, -0.25) is 0 Å². The smallest absolute Gasteiger partial charge is 0.264 e. The van der Waals surface area contributed by atoms with Crippen LogP contribution in [0.2, 0.25) is 0 Å². The summed E-state index contributed by atoms with van der Waals surface area (Å²) in [5.74, 6) is -0.337. The van der Waals surface area contributed by atoms with Gasteiger partial charge in [0.1, 0.15) is 11.3 Å². The van der Waals surface area contributed by atoms with Gasteiger partial charge in [-0.1, -0.05) is 35.6 Å². The van der Waals surface area contributed by atoms with Crippen LogP contribution in [0.25, 0.3) is 11.1 Å². The lowest BCUT2D eigenvalue weighted by molar-refractivity contribution is 0.489. The second kappa shape index (κ2) is 5.98. The highest BCUT2D eigenvalue weighted by molar-refractivity contribution is 8.00. The van der Waals surface area contributed by atoms with E-state index in [9.17, 15) is 4.39 Å². The summed E-state index contributed by atoms with van der Waals surface area (Å²) >= 11 is 2.59. The zero-order chi connectivity index (χ0) is 15.6. The molecule has 0 atom stereocenters. The summed E-state index contributed by atoms with van der Waals surface area (Å²) in [6, 6.07) is 14.0. The summed E-state index contributed by atoms with van der Waals surface area (Å²) in [6.07, 6.45) is 0. The molecular weight excluding hydrogens is 335 g/mol. The molecule has 8 heteroatoms. The molecule has 0 amide bonds. The molecule has 0 radical (unpaired) electrons. The molecule has 4 rings (SSSR count). The average Bonchev–Trinajstić information content (AvgIpc) is 3.16. The van der Waals surface area contributed by atoms with Crippen LogP contribution in [0.5, 0.6) is 0 Å². The molecular formula is C15H9FN4OS2. The fourth-order valence-electron chi connectivity index (χ4n) is 1.95. The van der Waals surface area contributed by atoms with Crippen LogP contribution in [0.4, 0.5) is 15.2 Å². The van der Waals surface area contributed by atoms with Crippen molar-refractivity contribution < 1.29 is 8.81 Å². The van der Waals surface area contributed by atoms with Crippen molar-refractivity contribution >= 4 is 45.0 Å². The molecule has 0 aliphatic heterocycles. The van der Waals surface area contributed by atoms with Crippen molar-refractivity contribution in [1.29, 1.82) is 0 Å². The highest BCUT2D eigenvalue weighted by atomic mass is 32.2. The standard InChI is InChI=1S/C15H9FN4OS2/c16-9-5-1-2-6-10(9)17-13-19-20-15(22-13)23-14-18-11-7-3-4-8-12(11)21-14/h1-8H,(H,17,19). The molecule has 2 heterocycles. The van der Waals surface area contributed by atoms with Crippen LogP contribution in [0.1, 0.15) is 0 Å². The van der Waals surface area contributed by atoms with Gasteiger partial charge in [-0.15, -0.1) is 10.2 Å². The number of nitrogens with zero attached hydrogens (tertiary/aromatic N) is 3. The lowest BCUT2D eigenvalue weighted by Gasteiger charge is -2.01. The van der Waals surface area contributed by atoms with Crippen molar-refractivity contribution in [1.82, 2.24) is 15.2 Å². The molecule has 114 valence electrons. The number of hydrogen-bond donors (Lipinski definition) is 1. The predicted molar refractivity (Wildman–Crippen MR) is 87.7 cm³/mol. The Morgan fingerprint density at radius 1 is 1.04 bits per heavy atom. The van der Waals surface area contributed by atoms with Crippen LogP contribution < -0.4 is 5.32 Å². The minimum absolute atomic E-state index is 0.337. The molecule has 0 spiro atoms. The van der Waals surface area contributed by atoms with Crippen molar-refractivity contribution in [2.24, 2.45) is 0 Å². The van der Waals surface area contributed by atoms with Crippen molar-refractivity contribution in [2.45, 2.75) is 9.56 Å². The van der Waals surface area contributed by atoms with Gasteiger partial charge in [0.2, 0.25) is 5.13 Å². The van der Waals surface area contributed by atoms with Crippen LogP contribution in [-0.2, 0) is 0 Å². The molecule has 4 aromatic rings. The van der Waals surface area contributed by atoms with Gasteiger partial charge in [0, 0.05) is 11.8 Å².